The van der Waals surface area contributed by atoms with E-state index < -0.39 is 0 Å². The SMILES string of the molecule is CN(c1ccccc1)c1ccc(CNCC2CNCC2O)cn1.Cl. The Labute approximate surface area is 149 Å². The van der Waals surface area contributed by atoms with Crippen LogP contribution in [0.4, 0.5) is 11.5 Å². The van der Waals surface area contributed by atoms with Gasteiger partial charge < -0.3 is 20.6 Å². The van der Waals surface area contributed by atoms with E-state index in [0.717, 1.165) is 36.7 Å². The van der Waals surface area contributed by atoms with E-state index in [9.17, 15) is 5.11 Å². The number of nitrogens with zero attached hydrogens (tertiary/aromatic N) is 2. The van der Waals surface area contributed by atoms with Crippen molar-refractivity contribution in [1.82, 2.24) is 15.6 Å². The van der Waals surface area contributed by atoms with Crippen LogP contribution < -0.4 is 15.5 Å². The molecule has 0 aliphatic carbocycles. The summed E-state index contributed by atoms with van der Waals surface area (Å²) in [6, 6.07) is 14.3. The number of benzene rings is 1. The number of rotatable bonds is 6. The van der Waals surface area contributed by atoms with Gasteiger partial charge in [-0.1, -0.05) is 24.3 Å². The van der Waals surface area contributed by atoms with Gasteiger partial charge in [0, 0.05) is 51.0 Å². The number of aliphatic hydroxyl groups excluding tert-OH is 1. The Balaban J connectivity index is 0.00000208. The van der Waals surface area contributed by atoms with Crippen molar-refractivity contribution >= 4 is 23.9 Å². The summed E-state index contributed by atoms with van der Waals surface area (Å²) in [5.74, 6) is 1.22. The lowest BCUT2D eigenvalue weighted by molar-refractivity contribution is 0.146. The van der Waals surface area contributed by atoms with Crippen molar-refractivity contribution in [3.05, 3.63) is 54.2 Å². The molecule has 2 heterocycles. The number of β-amino-alcohol motifs (C(OH)–C–C–N with tert-alkyl or cyclic N) is 1. The van der Waals surface area contributed by atoms with Crippen molar-refractivity contribution in [3.63, 3.8) is 0 Å². The molecule has 24 heavy (non-hydrogen) atoms. The molecule has 6 heteroatoms. The second-order valence-electron chi connectivity index (χ2n) is 6.04. The number of halogens is 1. The van der Waals surface area contributed by atoms with Crippen LogP contribution in [0, 0.1) is 5.92 Å². The molecule has 3 N–H and O–H groups in total. The average molecular weight is 349 g/mol. The summed E-state index contributed by atoms with van der Waals surface area (Å²) in [5.41, 5.74) is 2.27. The maximum atomic E-state index is 9.77. The number of hydrogen-bond acceptors (Lipinski definition) is 5. The fourth-order valence-electron chi connectivity index (χ4n) is 2.83. The highest BCUT2D eigenvalue weighted by molar-refractivity contribution is 5.85. The van der Waals surface area contributed by atoms with Gasteiger partial charge in [0.05, 0.1) is 6.10 Å². The number of nitrogens with one attached hydrogen (secondary N) is 2. The van der Waals surface area contributed by atoms with Crippen molar-refractivity contribution < 1.29 is 5.11 Å². The lowest BCUT2D eigenvalue weighted by Gasteiger charge is -2.18. The zero-order valence-electron chi connectivity index (χ0n) is 13.9. The molecule has 0 bridgehead atoms. The molecule has 1 aliphatic heterocycles. The molecule has 1 aliphatic rings. The predicted octanol–water partition coefficient (Wildman–Crippen LogP) is 1.94. The van der Waals surface area contributed by atoms with Crippen LogP contribution in [0.15, 0.2) is 48.7 Å². The Bertz CT molecular complexity index is 608. The summed E-state index contributed by atoms with van der Waals surface area (Å²) in [7, 11) is 2.02. The summed E-state index contributed by atoms with van der Waals surface area (Å²) in [6.45, 7) is 3.17. The smallest absolute Gasteiger partial charge is 0.132 e. The van der Waals surface area contributed by atoms with Crippen LogP contribution in [0.25, 0.3) is 0 Å². The Morgan fingerprint density at radius 1 is 1.21 bits per heavy atom. The third-order valence-corrected chi connectivity index (χ3v) is 4.34. The van der Waals surface area contributed by atoms with Gasteiger partial charge >= 0.3 is 0 Å². The topological polar surface area (TPSA) is 60.4 Å². The van der Waals surface area contributed by atoms with Crippen LogP contribution in [0.2, 0.25) is 0 Å². The molecule has 2 unspecified atom stereocenters. The number of pyridine rings is 1. The minimum atomic E-state index is -0.234. The highest BCUT2D eigenvalue weighted by Crippen LogP contribution is 2.20. The largest absolute Gasteiger partial charge is 0.391 e. The molecule has 3 rings (SSSR count). The van der Waals surface area contributed by atoms with Gasteiger partial charge in [-0.3, -0.25) is 0 Å². The first-order valence-corrected chi connectivity index (χ1v) is 8.07. The monoisotopic (exact) mass is 348 g/mol. The van der Waals surface area contributed by atoms with Gasteiger partial charge in [-0.15, -0.1) is 12.4 Å². The molecule has 1 saturated heterocycles. The van der Waals surface area contributed by atoms with Crippen LogP contribution in [-0.4, -0.2) is 42.9 Å². The molecule has 1 aromatic carbocycles. The maximum absolute atomic E-state index is 9.77. The third-order valence-electron chi connectivity index (χ3n) is 4.34. The van der Waals surface area contributed by atoms with Crippen LogP contribution in [-0.2, 0) is 6.54 Å². The van der Waals surface area contributed by atoms with Crippen LogP contribution in [0.3, 0.4) is 0 Å². The van der Waals surface area contributed by atoms with E-state index in [2.05, 4.69) is 38.7 Å². The van der Waals surface area contributed by atoms with E-state index in [1.807, 2.05) is 37.5 Å². The van der Waals surface area contributed by atoms with Crippen molar-refractivity contribution in [2.24, 2.45) is 5.92 Å². The fraction of sp³-hybridized carbons (Fsp3) is 0.389. The van der Waals surface area contributed by atoms with E-state index in [4.69, 9.17) is 0 Å². The van der Waals surface area contributed by atoms with E-state index in [1.54, 1.807) is 0 Å². The minimum absolute atomic E-state index is 0. The van der Waals surface area contributed by atoms with Crippen molar-refractivity contribution in [1.29, 1.82) is 0 Å². The Morgan fingerprint density at radius 2 is 2.00 bits per heavy atom. The first-order chi connectivity index (χ1) is 11.2. The van der Waals surface area contributed by atoms with Gasteiger partial charge in [0.15, 0.2) is 0 Å². The highest BCUT2D eigenvalue weighted by Gasteiger charge is 2.23. The summed E-state index contributed by atoms with van der Waals surface area (Å²) in [5, 5.41) is 16.4. The van der Waals surface area contributed by atoms with Gasteiger partial charge in [-0.05, 0) is 23.8 Å². The van der Waals surface area contributed by atoms with Crippen LogP contribution in [0.5, 0.6) is 0 Å². The molecule has 2 atom stereocenters. The Morgan fingerprint density at radius 3 is 2.62 bits per heavy atom. The molecule has 0 radical (unpaired) electrons. The number of hydrogen-bond donors (Lipinski definition) is 3. The normalized spacial score (nSPS) is 19.8. The molecule has 1 aromatic heterocycles. The van der Waals surface area contributed by atoms with Gasteiger partial charge in [0.2, 0.25) is 0 Å². The van der Waals surface area contributed by atoms with E-state index in [1.165, 1.54) is 0 Å². The van der Waals surface area contributed by atoms with Gasteiger partial charge in [-0.2, -0.15) is 0 Å². The molecule has 1 fully saturated rings. The lowest BCUT2D eigenvalue weighted by Crippen LogP contribution is -2.30. The number of para-hydroxylation sites is 1. The van der Waals surface area contributed by atoms with Crippen molar-refractivity contribution in [2.45, 2.75) is 12.6 Å². The Kier molecular flexibility index (Phi) is 6.99. The molecular weight excluding hydrogens is 324 g/mol. The number of aliphatic hydroxyl groups is 1. The lowest BCUT2D eigenvalue weighted by atomic mass is 10.1. The molecule has 5 nitrogen and oxygen atoms in total. The molecule has 0 spiro atoms. The van der Waals surface area contributed by atoms with Crippen molar-refractivity contribution in [3.8, 4) is 0 Å². The van der Waals surface area contributed by atoms with E-state index >= 15 is 0 Å². The fourth-order valence-corrected chi connectivity index (χ4v) is 2.83. The molecule has 130 valence electrons. The summed E-state index contributed by atoms with van der Waals surface area (Å²) in [4.78, 5) is 6.61. The summed E-state index contributed by atoms with van der Waals surface area (Å²) in [6.07, 6.45) is 1.67. The minimum Gasteiger partial charge on any atom is -0.391 e. The van der Waals surface area contributed by atoms with Gasteiger partial charge in [0.1, 0.15) is 5.82 Å². The quantitative estimate of drug-likeness (QED) is 0.744. The average Bonchev–Trinajstić information content (AvgIpc) is 3.01. The van der Waals surface area contributed by atoms with Crippen molar-refractivity contribution in [2.75, 3.05) is 31.6 Å². The summed E-state index contributed by atoms with van der Waals surface area (Å²) >= 11 is 0. The molecule has 2 aromatic rings. The van der Waals surface area contributed by atoms with Crippen LogP contribution >= 0.6 is 12.4 Å². The molecule has 0 amide bonds. The van der Waals surface area contributed by atoms with E-state index in [0.29, 0.717) is 12.5 Å². The number of aromatic nitrogens is 1. The van der Waals surface area contributed by atoms with E-state index in [-0.39, 0.29) is 18.5 Å². The van der Waals surface area contributed by atoms with Gasteiger partial charge in [0.25, 0.3) is 0 Å². The predicted molar refractivity (Wildman–Crippen MR) is 100 cm³/mol. The third kappa shape index (κ3) is 4.68. The van der Waals surface area contributed by atoms with Crippen LogP contribution in [0.1, 0.15) is 5.56 Å². The second-order valence-corrected chi connectivity index (χ2v) is 6.04. The summed E-state index contributed by atoms with van der Waals surface area (Å²) < 4.78 is 0. The zero-order valence-corrected chi connectivity index (χ0v) is 14.7. The molecular formula is C18H25ClN4O. The zero-order chi connectivity index (χ0) is 16.1. The second kappa shape index (κ2) is 8.99. The highest BCUT2D eigenvalue weighted by atomic mass is 35.5. The van der Waals surface area contributed by atoms with Gasteiger partial charge in [-0.25, -0.2) is 4.98 Å². The number of anilines is 2. The standard InChI is InChI=1S/C18H24N4O.ClH/c1-22(16-5-3-2-4-6-16)18-8-7-14(10-21-18)9-19-11-15-12-20-13-17(15)23;/h2-8,10,15,17,19-20,23H,9,11-13H2,1H3;1H. The first-order valence-electron chi connectivity index (χ1n) is 8.07. The molecule has 0 saturated carbocycles. The maximum Gasteiger partial charge on any atom is 0.132 e. The first kappa shape index (κ1) is 18.7. The Hall–Kier alpha value is -1.66.